The lowest BCUT2D eigenvalue weighted by Gasteiger charge is -2.41. The monoisotopic (exact) mass is 392 g/mol. The molecule has 3 heterocycles. The van der Waals surface area contributed by atoms with Crippen molar-refractivity contribution in [3.8, 4) is 0 Å². The highest BCUT2D eigenvalue weighted by Gasteiger charge is 2.41. The predicted octanol–water partition coefficient (Wildman–Crippen LogP) is 3.10. The molecule has 1 aliphatic carbocycles. The predicted molar refractivity (Wildman–Crippen MR) is 107 cm³/mol. The zero-order valence-corrected chi connectivity index (χ0v) is 15.8. The Bertz CT molecular complexity index is 962. The van der Waals surface area contributed by atoms with E-state index in [1.165, 1.54) is 11.0 Å². The van der Waals surface area contributed by atoms with Crippen molar-refractivity contribution in [3.63, 3.8) is 0 Å². The lowest BCUT2D eigenvalue weighted by Crippen LogP contribution is -2.42. The number of anilines is 2. The number of hydrogen-bond donors (Lipinski definition) is 1. The molecular formula is C21H21FN6O. The fraction of sp³-hybridized carbons (Fsp3) is 0.286. The second kappa shape index (κ2) is 8.30. The molecule has 0 atom stereocenters. The molecule has 3 aromatic heterocycles. The van der Waals surface area contributed by atoms with Crippen molar-refractivity contribution in [2.45, 2.75) is 31.2 Å². The molecule has 0 aromatic carbocycles. The van der Waals surface area contributed by atoms with Gasteiger partial charge in [0.1, 0.15) is 11.6 Å². The summed E-state index contributed by atoms with van der Waals surface area (Å²) in [5, 5.41) is 11.6. The second-order valence-corrected chi connectivity index (χ2v) is 7.19. The molecule has 0 unspecified atom stereocenters. The maximum Gasteiger partial charge on any atom is 0.215 e. The summed E-state index contributed by atoms with van der Waals surface area (Å²) in [6.07, 6.45) is 8.52. The van der Waals surface area contributed by atoms with Crippen LogP contribution in [0.1, 0.15) is 30.5 Å². The van der Waals surface area contributed by atoms with Crippen molar-refractivity contribution < 1.29 is 9.18 Å². The molecule has 148 valence electrons. The average molecular weight is 392 g/mol. The fourth-order valence-electron chi connectivity index (χ4n) is 3.57. The Kier molecular flexibility index (Phi) is 5.41. The molecule has 7 nitrogen and oxygen atoms in total. The topological polar surface area (TPSA) is 83.9 Å². The maximum atomic E-state index is 14.2. The number of aromatic nitrogens is 4. The number of nitrogens with one attached hydrogen (secondary N) is 1. The van der Waals surface area contributed by atoms with E-state index in [4.69, 9.17) is 0 Å². The van der Waals surface area contributed by atoms with Crippen LogP contribution in [0.15, 0.2) is 55.0 Å². The van der Waals surface area contributed by atoms with E-state index >= 15 is 0 Å². The Morgan fingerprint density at radius 1 is 1.10 bits per heavy atom. The van der Waals surface area contributed by atoms with Gasteiger partial charge in [0.2, 0.25) is 6.41 Å². The molecule has 1 aliphatic rings. The van der Waals surface area contributed by atoms with E-state index in [0.29, 0.717) is 30.4 Å². The van der Waals surface area contributed by atoms with Crippen molar-refractivity contribution in [2.24, 2.45) is 0 Å². The zero-order valence-electron chi connectivity index (χ0n) is 15.8. The number of amides is 1. The first kappa shape index (κ1) is 18.9. The van der Waals surface area contributed by atoms with Crippen LogP contribution >= 0.6 is 0 Å². The van der Waals surface area contributed by atoms with Crippen LogP contribution in [0.3, 0.4) is 0 Å². The summed E-state index contributed by atoms with van der Waals surface area (Å²) in [5.74, 6) is 0.760. The number of nitrogens with zero attached hydrogens (tertiary/aromatic N) is 5. The third-order valence-electron chi connectivity index (χ3n) is 5.35. The third kappa shape index (κ3) is 4.06. The van der Waals surface area contributed by atoms with Gasteiger partial charge in [0.15, 0.2) is 5.82 Å². The van der Waals surface area contributed by atoms with Crippen LogP contribution in [0.5, 0.6) is 0 Å². The molecule has 8 heteroatoms. The molecule has 0 radical (unpaired) electrons. The van der Waals surface area contributed by atoms with Crippen LogP contribution in [-0.4, -0.2) is 33.1 Å². The summed E-state index contributed by atoms with van der Waals surface area (Å²) in [7, 11) is 0. The number of rotatable bonds is 8. The minimum Gasteiger partial charge on any atom is -0.368 e. The molecule has 0 aliphatic heterocycles. The molecule has 1 N–H and O–H groups in total. The summed E-state index contributed by atoms with van der Waals surface area (Å²) in [6, 6.07) is 10.2. The Labute approximate surface area is 168 Å². The van der Waals surface area contributed by atoms with Crippen molar-refractivity contribution in [2.75, 3.05) is 16.8 Å². The first-order valence-corrected chi connectivity index (χ1v) is 9.50. The molecule has 1 saturated carbocycles. The summed E-state index contributed by atoms with van der Waals surface area (Å²) >= 11 is 0. The van der Waals surface area contributed by atoms with Gasteiger partial charge in [0.25, 0.3) is 0 Å². The van der Waals surface area contributed by atoms with Gasteiger partial charge in [-0.3, -0.25) is 19.7 Å². The van der Waals surface area contributed by atoms with E-state index in [9.17, 15) is 9.18 Å². The van der Waals surface area contributed by atoms with Gasteiger partial charge in [-0.15, -0.1) is 10.2 Å². The van der Waals surface area contributed by atoms with Gasteiger partial charge in [-0.05, 0) is 54.8 Å². The Hall–Kier alpha value is -3.42. The van der Waals surface area contributed by atoms with Crippen LogP contribution in [-0.2, 0) is 16.8 Å². The highest BCUT2D eigenvalue weighted by Crippen LogP contribution is 2.43. The number of halogens is 1. The van der Waals surface area contributed by atoms with Crippen molar-refractivity contribution in [1.29, 1.82) is 0 Å². The minimum atomic E-state index is -0.318. The summed E-state index contributed by atoms with van der Waals surface area (Å²) < 4.78 is 14.2. The lowest BCUT2D eigenvalue weighted by molar-refractivity contribution is -0.107. The van der Waals surface area contributed by atoms with E-state index in [1.54, 1.807) is 36.8 Å². The number of pyridine rings is 2. The third-order valence-corrected chi connectivity index (χ3v) is 5.35. The van der Waals surface area contributed by atoms with Crippen LogP contribution in [0.4, 0.5) is 16.0 Å². The molecule has 0 bridgehead atoms. The van der Waals surface area contributed by atoms with Gasteiger partial charge in [0.05, 0.1) is 12.2 Å². The highest BCUT2D eigenvalue weighted by atomic mass is 19.1. The van der Waals surface area contributed by atoms with Gasteiger partial charge in [-0.25, -0.2) is 4.39 Å². The second-order valence-electron chi connectivity index (χ2n) is 7.19. The Morgan fingerprint density at radius 3 is 2.55 bits per heavy atom. The highest BCUT2D eigenvalue weighted by molar-refractivity contribution is 5.72. The van der Waals surface area contributed by atoms with Gasteiger partial charge < -0.3 is 5.32 Å². The van der Waals surface area contributed by atoms with Gasteiger partial charge in [-0.2, -0.15) is 0 Å². The van der Waals surface area contributed by atoms with Crippen molar-refractivity contribution >= 4 is 18.0 Å². The fourth-order valence-corrected chi connectivity index (χ4v) is 3.57. The van der Waals surface area contributed by atoms with E-state index in [2.05, 4.69) is 25.5 Å². The van der Waals surface area contributed by atoms with E-state index in [-0.39, 0.29) is 11.2 Å². The van der Waals surface area contributed by atoms with Crippen LogP contribution < -0.4 is 10.2 Å². The molecule has 1 fully saturated rings. The number of carbonyl (C=O) groups excluding carboxylic acids is 1. The molecule has 3 aromatic rings. The minimum absolute atomic E-state index is 0.270. The summed E-state index contributed by atoms with van der Waals surface area (Å²) in [6.45, 7) is 0.916. The van der Waals surface area contributed by atoms with Crippen LogP contribution in [0.25, 0.3) is 0 Å². The molecule has 1 amide bonds. The molecular weight excluding hydrogens is 371 g/mol. The van der Waals surface area contributed by atoms with Crippen molar-refractivity contribution in [1.82, 2.24) is 20.2 Å². The largest absolute Gasteiger partial charge is 0.368 e. The smallest absolute Gasteiger partial charge is 0.215 e. The molecule has 4 rings (SSSR count). The average Bonchev–Trinajstić information content (AvgIpc) is 2.74. The van der Waals surface area contributed by atoms with Gasteiger partial charge >= 0.3 is 0 Å². The van der Waals surface area contributed by atoms with E-state index in [1.807, 2.05) is 12.1 Å². The van der Waals surface area contributed by atoms with Crippen LogP contribution in [0, 0.1) is 5.82 Å². The zero-order chi connectivity index (χ0) is 20.1. The first-order valence-electron chi connectivity index (χ1n) is 9.50. The van der Waals surface area contributed by atoms with Crippen molar-refractivity contribution in [3.05, 3.63) is 72.1 Å². The molecule has 0 saturated heterocycles. The Morgan fingerprint density at radius 2 is 1.93 bits per heavy atom. The Balaban J connectivity index is 1.43. The molecule has 29 heavy (non-hydrogen) atoms. The number of carbonyl (C=O) groups is 1. The van der Waals surface area contributed by atoms with Gasteiger partial charge in [0, 0.05) is 30.6 Å². The maximum absolute atomic E-state index is 14.2. The standard InChI is InChI=1S/C21H21FN6O/c22-17-3-1-10-24-20(17)21(8-2-9-21)14-25-18-4-5-19(27-26-18)28(15-29)13-16-6-11-23-12-7-16/h1,3-7,10-12,15H,2,8-9,13-14H2,(H,25,26). The summed E-state index contributed by atoms with van der Waals surface area (Å²) in [4.78, 5) is 21.2. The SMILES string of the molecule is O=CN(Cc1ccncc1)c1ccc(NCC2(c3ncccc3F)CCC2)nn1. The van der Waals surface area contributed by atoms with Gasteiger partial charge in [-0.1, -0.05) is 6.42 Å². The van der Waals surface area contributed by atoms with E-state index in [0.717, 1.165) is 31.2 Å². The lowest BCUT2D eigenvalue weighted by atomic mass is 9.66. The van der Waals surface area contributed by atoms with Crippen LogP contribution in [0.2, 0.25) is 0 Å². The number of hydrogen-bond acceptors (Lipinski definition) is 6. The quantitative estimate of drug-likeness (QED) is 0.593. The normalized spacial score (nSPS) is 14.7. The first-order chi connectivity index (χ1) is 14.2. The molecule has 0 spiro atoms. The van der Waals surface area contributed by atoms with E-state index < -0.39 is 0 Å². The summed E-state index contributed by atoms with van der Waals surface area (Å²) in [5.41, 5.74) is 1.13.